The van der Waals surface area contributed by atoms with E-state index in [1.165, 1.54) is 6.20 Å². The molecular weight excluding hydrogens is 222 g/mol. The average Bonchev–Trinajstić information content (AvgIpc) is 2.80. The van der Waals surface area contributed by atoms with Crippen molar-refractivity contribution >= 4 is 16.2 Å². The summed E-state index contributed by atoms with van der Waals surface area (Å²) in [6.45, 7) is 0. The number of hydrogen-bond donors (Lipinski definition) is 1. The summed E-state index contributed by atoms with van der Waals surface area (Å²) < 4.78 is 28.5. The molecule has 0 bridgehead atoms. The van der Waals surface area contributed by atoms with Gasteiger partial charge in [0.1, 0.15) is 0 Å². The lowest BCUT2D eigenvalue weighted by Gasteiger charge is -2.06. The van der Waals surface area contributed by atoms with Crippen molar-refractivity contribution in [3.8, 4) is 0 Å². The third-order valence-electron chi connectivity index (χ3n) is 1.85. The Bertz CT molecular complexity index is 488. The standard InChI is InChI=1S/C7H9N3O4S/c8-6(11)7-9-3-4-10(7)15(12,13)14-5-1-2-5/h3-5H,1-2H2,(H2,8,11). The minimum atomic E-state index is -3.98. The van der Waals surface area contributed by atoms with E-state index in [0.29, 0.717) is 16.8 Å². The first-order chi connectivity index (χ1) is 7.00. The van der Waals surface area contributed by atoms with Crippen LogP contribution in [0.15, 0.2) is 12.4 Å². The molecule has 1 aromatic rings. The Morgan fingerprint density at radius 2 is 2.27 bits per heavy atom. The molecule has 7 nitrogen and oxygen atoms in total. The highest BCUT2D eigenvalue weighted by atomic mass is 32.2. The molecule has 2 N–H and O–H groups in total. The number of amides is 1. The van der Waals surface area contributed by atoms with E-state index in [4.69, 9.17) is 9.92 Å². The Kier molecular flexibility index (Phi) is 2.24. The lowest BCUT2D eigenvalue weighted by atomic mass is 10.6. The maximum atomic E-state index is 11.6. The number of hydrogen-bond acceptors (Lipinski definition) is 5. The van der Waals surface area contributed by atoms with Crippen molar-refractivity contribution in [2.45, 2.75) is 18.9 Å². The van der Waals surface area contributed by atoms with Crippen LogP contribution in [-0.4, -0.2) is 29.4 Å². The van der Waals surface area contributed by atoms with Crippen LogP contribution < -0.4 is 5.73 Å². The second-order valence-electron chi connectivity index (χ2n) is 3.16. The molecule has 82 valence electrons. The Labute approximate surface area is 86.1 Å². The number of primary amides is 1. The molecule has 2 rings (SSSR count). The van der Waals surface area contributed by atoms with Crippen molar-refractivity contribution in [2.24, 2.45) is 5.73 Å². The molecule has 1 saturated carbocycles. The molecule has 0 aromatic carbocycles. The number of carbonyl (C=O) groups excluding carboxylic acids is 1. The van der Waals surface area contributed by atoms with Gasteiger partial charge >= 0.3 is 10.3 Å². The molecule has 0 atom stereocenters. The van der Waals surface area contributed by atoms with Crippen molar-refractivity contribution < 1.29 is 17.4 Å². The van der Waals surface area contributed by atoms with E-state index in [0.717, 1.165) is 6.20 Å². The molecule has 1 aliphatic rings. The maximum Gasteiger partial charge on any atom is 0.368 e. The quantitative estimate of drug-likeness (QED) is 0.734. The summed E-state index contributed by atoms with van der Waals surface area (Å²) in [5.74, 6) is -1.27. The summed E-state index contributed by atoms with van der Waals surface area (Å²) in [6, 6.07) is 0. The van der Waals surface area contributed by atoms with Gasteiger partial charge in [-0.2, -0.15) is 12.4 Å². The fraction of sp³-hybridized carbons (Fsp3) is 0.429. The topological polar surface area (TPSA) is 104 Å². The van der Waals surface area contributed by atoms with Gasteiger partial charge in [-0.15, -0.1) is 0 Å². The lowest BCUT2D eigenvalue weighted by Crippen LogP contribution is -2.24. The fourth-order valence-corrected chi connectivity index (χ4v) is 2.21. The van der Waals surface area contributed by atoms with Crippen LogP contribution >= 0.6 is 0 Å². The predicted molar refractivity (Wildman–Crippen MR) is 49.2 cm³/mol. The Morgan fingerprint density at radius 1 is 1.60 bits per heavy atom. The summed E-state index contributed by atoms with van der Waals surface area (Å²) in [6.07, 6.45) is 3.43. The lowest BCUT2D eigenvalue weighted by molar-refractivity contribution is 0.0989. The number of rotatable bonds is 4. The van der Waals surface area contributed by atoms with E-state index in [9.17, 15) is 13.2 Å². The van der Waals surface area contributed by atoms with E-state index in [1.54, 1.807) is 0 Å². The molecule has 0 spiro atoms. The SMILES string of the molecule is NC(=O)c1nccn1S(=O)(=O)OC1CC1. The molecule has 0 aliphatic heterocycles. The van der Waals surface area contributed by atoms with Crippen molar-refractivity contribution in [3.63, 3.8) is 0 Å². The van der Waals surface area contributed by atoms with E-state index in [2.05, 4.69) is 4.98 Å². The van der Waals surface area contributed by atoms with Gasteiger partial charge in [0, 0.05) is 12.4 Å². The molecule has 0 unspecified atom stereocenters. The van der Waals surface area contributed by atoms with Crippen molar-refractivity contribution in [1.29, 1.82) is 0 Å². The molecule has 15 heavy (non-hydrogen) atoms. The van der Waals surface area contributed by atoms with Gasteiger partial charge in [-0.25, -0.2) is 9.17 Å². The van der Waals surface area contributed by atoms with E-state index < -0.39 is 16.2 Å². The van der Waals surface area contributed by atoms with Gasteiger partial charge in [-0.05, 0) is 12.8 Å². The first kappa shape index (κ1) is 10.1. The number of aromatic nitrogens is 2. The number of imidazole rings is 1. The van der Waals surface area contributed by atoms with E-state index in [-0.39, 0.29) is 11.9 Å². The zero-order chi connectivity index (χ0) is 11.1. The van der Waals surface area contributed by atoms with Gasteiger partial charge in [0.15, 0.2) is 0 Å². The van der Waals surface area contributed by atoms with Crippen LogP contribution in [0.25, 0.3) is 0 Å². The van der Waals surface area contributed by atoms with Crippen LogP contribution in [-0.2, 0) is 14.5 Å². The molecule has 0 saturated heterocycles. The van der Waals surface area contributed by atoms with Crippen LogP contribution in [0.5, 0.6) is 0 Å². The Morgan fingerprint density at radius 3 is 2.80 bits per heavy atom. The monoisotopic (exact) mass is 231 g/mol. The Balaban J connectivity index is 2.34. The second kappa shape index (κ2) is 3.31. The summed E-state index contributed by atoms with van der Waals surface area (Å²) in [5.41, 5.74) is 4.96. The van der Waals surface area contributed by atoms with Crippen molar-refractivity contribution in [3.05, 3.63) is 18.2 Å². The predicted octanol–water partition coefficient (Wildman–Crippen LogP) is -0.746. The summed E-state index contributed by atoms with van der Waals surface area (Å²) >= 11 is 0. The largest absolute Gasteiger partial charge is 0.368 e. The van der Waals surface area contributed by atoms with Crippen LogP contribution in [0.4, 0.5) is 0 Å². The fourth-order valence-electron chi connectivity index (χ4n) is 1.03. The number of nitrogens with zero attached hydrogens (tertiary/aromatic N) is 2. The minimum Gasteiger partial charge on any atom is -0.363 e. The molecule has 1 aliphatic carbocycles. The molecule has 0 radical (unpaired) electrons. The summed E-state index contributed by atoms with van der Waals surface area (Å²) in [4.78, 5) is 14.4. The van der Waals surface area contributed by atoms with Gasteiger partial charge in [0.05, 0.1) is 6.10 Å². The third kappa shape index (κ3) is 2.00. The molecule has 1 heterocycles. The third-order valence-corrected chi connectivity index (χ3v) is 3.14. The highest BCUT2D eigenvalue weighted by Crippen LogP contribution is 2.26. The Hall–Kier alpha value is -1.41. The van der Waals surface area contributed by atoms with Gasteiger partial charge in [-0.1, -0.05) is 0 Å². The van der Waals surface area contributed by atoms with Crippen molar-refractivity contribution in [2.75, 3.05) is 0 Å². The normalized spacial score (nSPS) is 16.5. The van der Waals surface area contributed by atoms with Crippen LogP contribution in [0, 0.1) is 0 Å². The smallest absolute Gasteiger partial charge is 0.363 e. The molecule has 8 heteroatoms. The molecular formula is C7H9N3O4S. The van der Waals surface area contributed by atoms with Crippen LogP contribution in [0.2, 0.25) is 0 Å². The van der Waals surface area contributed by atoms with Gasteiger partial charge in [-0.3, -0.25) is 4.79 Å². The van der Waals surface area contributed by atoms with E-state index >= 15 is 0 Å². The maximum absolute atomic E-state index is 11.6. The number of carbonyl (C=O) groups is 1. The molecule has 1 amide bonds. The van der Waals surface area contributed by atoms with Crippen molar-refractivity contribution in [1.82, 2.24) is 8.96 Å². The summed E-state index contributed by atoms with van der Waals surface area (Å²) in [7, 11) is -3.98. The van der Waals surface area contributed by atoms with E-state index in [1.807, 2.05) is 0 Å². The minimum absolute atomic E-state index is 0.280. The molecule has 1 fully saturated rings. The van der Waals surface area contributed by atoms with Gasteiger partial charge < -0.3 is 5.73 Å². The summed E-state index contributed by atoms with van der Waals surface area (Å²) in [5, 5.41) is 0. The van der Waals surface area contributed by atoms with Crippen LogP contribution in [0.1, 0.15) is 23.5 Å². The zero-order valence-corrected chi connectivity index (χ0v) is 8.48. The second-order valence-corrected chi connectivity index (χ2v) is 4.61. The first-order valence-corrected chi connectivity index (χ1v) is 5.64. The highest BCUT2D eigenvalue weighted by Gasteiger charge is 2.31. The van der Waals surface area contributed by atoms with Gasteiger partial charge in [0.25, 0.3) is 5.91 Å². The van der Waals surface area contributed by atoms with Crippen LogP contribution in [0.3, 0.4) is 0 Å². The number of nitrogens with two attached hydrogens (primary N) is 1. The average molecular weight is 231 g/mol. The first-order valence-electron chi connectivity index (χ1n) is 4.27. The van der Waals surface area contributed by atoms with Gasteiger partial charge in [0.2, 0.25) is 5.82 Å². The highest BCUT2D eigenvalue weighted by molar-refractivity contribution is 7.85. The zero-order valence-electron chi connectivity index (χ0n) is 7.66. The molecule has 1 aromatic heterocycles.